The predicted molar refractivity (Wildman–Crippen MR) is 114 cm³/mol. The Hall–Kier alpha value is -2.81. The molecule has 200 valence electrons. The summed E-state index contributed by atoms with van der Waals surface area (Å²) in [4.78, 5) is 57.1. The third-order valence-electron chi connectivity index (χ3n) is 4.41. The number of nitrogens with one attached hydrogen (secondary N) is 1. The van der Waals surface area contributed by atoms with E-state index in [1.54, 1.807) is 0 Å². The summed E-state index contributed by atoms with van der Waals surface area (Å²) in [7, 11) is 0. The number of carboxylic acid groups (broad SMARTS) is 1. The van der Waals surface area contributed by atoms with Crippen molar-refractivity contribution in [2.75, 3.05) is 39.6 Å². The van der Waals surface area contributed by atoms with E-state index in [1.807, 2.05) is 0 Å². The Bertz CT molecular complexity index is 728. The lowest BCUT2D eigenvalue weighted by atomic mass is 9.96. The second-order valence-corrected chi connectivity index (χ2v) is 7.46. The average Bonchev–Trinajstić information content (AvgIpc) is 2.73. The van der Waals surface area contributed by atoms with E-state index in [0.717, 1.165) is 13.8 Å². The third kappa shape index (κ3) is 12.5. The molecule has 0 aromatic carbocycles. The maximum Gasteiger partial charge on any atom is 0.305 e. The van der Waals surface area contributed by atoms with Gasteiger partial charge in [-0.05, 0) is 0 Å². The minimum absolute atomic E-state index is 0.0127. The number of aliphatic carboxylic acids is 1. The Balaban J connectivity index is 2.85. The highest BCUT2D eigenvalue weighted by Gasteiger charge is 2.51. The highest BCUT2D eigenvalue weighted by molar-refractivity contribution is 5.73. The van der Waals surface area contributed by atoms with Crippen LogP contribution in [0.1, 0.15) is 34.1 Å². The molecular weight excluding hydrogens is 474 g/mol. The highest BCUT2D eigenvalue weighted by Crippen LogP contribution is 2.28. The van der Waals surface area contributed by atoms with Crippen molar-refractivity contribution >= 4 is 29.8 Å². The van der Waals surface area contributed by atoms with Gasteiger partial charge in [-0.25, -0.2) is 0 Å². The van der Waals surface area contributed by atoms with E-state index < -0.39 is 60.4 Å². The molecule has 0 aromatic heterocycles. The van der Waals surface area contributed by atoms with Gasteiger partial charge in [0.15, 0.2) is 18.5 Å². The monoisotopic (exact) mass is 507 g/mol. The lowest BCUT2D eigenvalue weighted by Gasteiger charge is -2.44. The van der Waals surface area contributed by atoms with Gasteiger partial charge in [0.25, 0.3) is 0 Å². The van der Waals surface area contributed by atoms with Crippen molar-refractivity contribution in [1.82, 2.24) is 5.32 Å². The molecule has 0 saturated carbocycles. The van der Waals surface area contributed by atoms with Crippen LogP contribution < -0.4 is 5.32 Å². The van der Waals surface area contributed by atoms with E-state index in [9.17, 15) is 24.0 Å². The maximum absolute atomic E-state index is 11.8. The van der Waals surface area contributed by atoms with Crippen molar-refractivity contribution in [2.24, 2.45) is 0 Å². The number of carboxylic acids is 1. The van der Waals surface area contributed by atoms with Crippen LogP contribution in [0, 0.1) is 0 Å². The lowest BCUT2D eigenvalue weighted by Crippen LogP contribution is -2.66. The number of carbonyl (C=O) groups is 5. The quantitative estimate of drug-likeness (QED) is 0.159. The van der Waals surface area contributed by atoms with Gasteiger partial charge in [-0.3, -0.25) is 24.0 Å². The molecule has 0 aromatic rings. The van der Waals surface area contributed by atoms with Gasteiger partial charge in [-0.15, -0.1) is 0 Å². The molecule has 1 aliphatic heterocycles. The number of ether oxygens (including phenoxy) is 7. The molecule has 1 fully saturated rings. The SMILES string of the molecule is CC(=O)NC1C(OC(C)=O)[C@@H](OC(C)=O)C(COC(C)=O)O[C@H]1OCCOCCOCCC(=O)O. The van der Waals surface area contributed by atoms with E-state index >= 15 is 0 Å². The summed E-state index contributed by atoms with van der Waals surface area (Å²) in [5.41, 5.74) is 0. The molecule has 0 spiro atoms. The van der Waals surface area contributed by atoms with Crippen LogP contribution in [0.2, 0.25) is 0 Å². The third-order valence-corrected chi connectivity index (χ3v) is 4.41. The average molecular weight is 507 g/mol. The van der Waals surface area contributed by atoms with Gasteiger partial charge < -0.3 is 43.6 Å². The molecular formula is C21H33NO13. The number of hydrogen-bond donors (Lipinski definition) is 2. The number of hydrogen-bond acceptors (Lipinski definition) is 12. The minimum atomic E-state index is -1.21. The molecule has 1 saturated heterocycles. The van der Waals surface area contributed by atoms with Crippen LogP contribution in [-0.4, -0.2) is 105 Å². The minimum Gasteiger partial charge on any atom is -0.481 e. The van der Waals surface area contributed by atoms with Crippen molar-refractivity contribution in [2.45, 2.75) is 64.8 Å². The van der Waals surface area contributed by atoms with Crippen molar-refractivity contribution in [1.29, 1.82) is 0 Å². The summed E-state index contributed by atoms with van der Waals surface area (Å²) in [6, 6.07) is -1.06. The van der Waals surface area contributed by atoms with Gasteiger partial charge in [-0.1, -0.05) is 0 Å². The van der Waals surface area contributed by atoms with Crippen LogP contribution in [0.15, 0.2) is 0 Å². The zero-order valence-electron chi connectivity index (χ0n) is 20.2. The zero-order chi connectivity index (χ0) is 26.4. The van der Waals surface area contributed by atoms with Crippen molar-refractivity contribution < 1.29 is 62.2 Å². The molecule has 2 N–H and O–H groups in total. The predicted octanol–water partition coefficient (Wildman–Crippen LogP) is -0.833. The molecule has 1 rings (SSSR count). The number of esters is 3. The standard InChI is InChI=1S/C21H33NO13/c1-12(23)22-18-20(34-15(4)26)19(33-14(3)25)16(11-32-13(2)24)35-21(18)31-10-9-30-8-7-29-6-5-17(27)28/h16,18-21H,5-11H2,1-4H3,(H,22,23)(H,27,28)/t16?,18?,19-,20?,21+/m0/s1. The van der Waals surface area contributed by atoms with Crippen molar-refractivity contribution in [3.8, 4) is 0 Å². The fourth-order valence-corrected chi connectivity index (χ4v) is 3.14. The van der Waals surface area contributed by atoms with E-state index in [4.69, 9.17) is 38.3 Å². The van der Waals surface area contributed by atoms with Gasteiger partial charge in [0, 0.05) is 27.7 Å². The Morgan fingerprint density at radius 3 is 1.91 bits per heavy atom. The number of carbonyl (C=O) groups excluding carboxylic acids is 4. The molecule has 0 radical (unpaired) electrons. The van der Waals surface area contributed by atoms with Gasteiger partial charge in [0.05, 0.1) is 39.5 Å². The molecule has 1 aliphatic rings. The van der Waals surface area contributed by atoms with Crippen LogP contribution in [0.4, 0.5) is 0 Å². The first kappa shape index (κ1) is 30.2. The van der Waals surface area contributed by atoms with E-state index in [1.165, 1.54) is 13.8 Å². The molecule has 0 aliphatic carbocycles. The summed E-state index contributed by atoms with van der Waals surface area (Å²) in [5.74, 6) is -3.47. The molecule has 1 heterocycles. The van der Waals surface area contributed by atoms with Crippen LogP contribution in [0.5, 0.6) is 0 Å². The highest BCUT2D eigenvalue weighted by atomic mass is 16.7. The molecule has 0 bridgehead atoms. The topological polar surface area (TPSA) is 182 Å². The zero-order valence-corrected chi connectivity index (χ0v) is 20.2. The summed E-state index contributed by atoms with van der Waals surface area (Å²) < 4.78 is 37.7. The molecule has 14 nitrogen and oxygen atoms in total. The normalized spacial score (nSPS) is 23.7. The summed E-state index contributed by atoms with van der Waals surface area (Å²) >= 11 is 0. The summed E-state index contributed by atoms with van der Waals surface area (Å²) in [6.07, 6.45) is -4.76. The number of amides is 1. The fourth-order valence-electron chi connectivity index (χ4n) is 3.14. The Morgan fingerprint density at radius 2 is 1.37 bits per heavy atom. The van der Waals surface area contributed by atoms with Gasteiger partial charge in [-0.2, -0.15) is 0 Å². The molecule has 5 atom stereocenters. The summed E-state index contributed by atoms with van der Waals surface area (Å²) in [5, 5.41) is 11.1. The van der Waals surface area contributed by atoms with Gasteiger partial charge in [0.1, 0.15) is 18.8 Å². The molecule has 35 heavy (non-hydrogen) atoms. The Kier molecular flexibility index (Phi) is 13.8. The lowest BCUT2D eigenvalue weighted by molar-refractivity contribution is -0.279. The van der Waals surface area contributed by atoms with Crippen molar-refractivity contribution in [3.63, 3.8) is 0 Å². The Labute approximate surface area is 202 Å². The summed E-state index contributed by atoms with van der Waals surface area (Å²) in [6.45, 7) is 4.90. The largest absolute Gasteiger partial charge is 0.481 e. The van der Waals surface area contributed by atoms with E-state index in [0.29, 0.717) is 0 Å². The van der Waals surface area contributed by atoms with Crippen LogP contribution in [0.3, 0.4) is 0 Å². The molecule has 1 amide bonds. The van der Waals surface area contributed by atoms with E-state index in [-0.39, 0.29) is 46.1 Å². The Morgan fingerprint density at radius 1 is 0.800 bits per heavy atom. The molecule has 3 unspecified atom stereocenters. The second kappa shape index (κ2) is 16.0. The van der Waals surface area contributed by atoms with Gasteiger partial charge >= 0.3 is 23.9 Å². The van der Waals surface area contributed by atoms with Crippen LogP contribution in [0.25, 0.3) is 0 Å². The maximum atomic E-state index is 11.8. The van der Waals surface area contributed by atoms with Crippen LogP contribution >= 0.6 is 0 Å². The van der Waals surface area contributed by atoms with Crippen LogP contribution in [-0.2, 0) is 57.1 Å². The first-order valence-electron chi connectivity index (χ1n) is 10.9. The smallest absolute Gasteiger partial charge is 0.305 e. The van der Waals surface area contributed by atoms with E-state index in [2.05, 4.69) is 5.32 Å². The van der Waals surface area contributed by atoms with Gasteiger partial charge in [0.2, 0.25) is 5.91 Å². The first-order valence-corrected chi connectivity index (χ1v) is 10.9. The fraction of sp³-hybridized carbons (Fsp3) is 0.762. The molecule has 14 heteroatoms. The number of rotatable bonds is 15. The van der Waals surface area contributed by atoms with Crippen molar-refractivity contribution in [3.05, 3.63) is 0 Å². The second-order valence-electron chi connectivity index (χ2n) is 7.46. The first-order chi connectivity index (χ1) is 16.5.